The fraction of sp³-hybridized carbons (Fsp3) is 0.600. The molecule has 2 atom stereocenters. The van der Waals surface area contributed by atoms with Crippen molar-refractivity contribution < 1.29 is 0 Å². The predicted octanol–water partition coefficient (Wildman–Crippen LogP) is 2.00. The second-order valence-electron chi connectivity index (χ2n) is 5.91. The normalized spacial score (nSPS) is 22.4. The number of hydrogen-bond acceptors (Lipinski definition) is 4. The standard InChI is InChI=1S/C15H24Cl2N4/c1-20-6-7-21(2)13(10-20)9-12(19-18)8-11-4-3-5-14(16)15(11)17/h3-5,12-13,19H,6-10,18H2,1-2H3. The minimum absolute atomic E-state index is 0.180. The van der Waals surface area contributed by atoms with Gasteiger partial charge < -0.3 is 9.80 Å². The number of hydrazine groups is 1. The highest BCUT2D eigenvalue weighted by Gasteiger charge is 2.25. The fourth-order valence-corrected chi connectivity index (χ4v) is 3.26. The van der Waals surface area contributed by atoms with Crippen molar-refractivity contribution >= 4 is 23.2 Å². The third-order valence-corrected chi connectivity index (χ3v) is 5.13. The summed E-state index contributed by atoms with van der Waals surface area (Å²) in [7, 11) is 4.34. The van der Waals surface area contributed by atoms with Crippen LogP contribution in [0.2, 0.25) is 10.0 Å². The zero-order valence-corrected chi connectivity index (χ0v) is 14.2. The van der Waals surface area contributed by atoms with Crippen LogP contribution in [-0.4, -0.2) is 55.6 Å². The van der Waals surface area contributed by atoms with Gasteiger partial charge in [-0.15, -0.1) is 0 Å². The Bertz CT molecular complexity index is 469. The number of nitrogens with two attached hydrogens (primary N) is 1. The summed E-state index contributed by atoms with van der Waals surface area (Å²) in [6.45, 7) is 3.28. The second-order valence-corrected chi connectivity index (χ2v) is 6.70. The Labute approximate surface area is 137 Å². The summed E-state index contributed by atoms with van der Waals surface area (Å²) in [5.41, 5.74) is 3.97. The van der Waals surface area contributed by atoms with Crippen molar-refractivity contribution in [3.63, 3.8) is 0 Å². The number of benzene rings is 1. The van der Waals surface area contributed by atoms with Gasteiger partial charge in [0.25, 0.3) is 0 Å². The molecule has 3 N–H and O–H groups in total. The number of likely N-dealkylation sites (N-methyl/N-ethyl adjacent to an activating group) is 2. The lowest BCUT2D eigenvalue weighted by Gasteiger charge is -2.39. The summed E-state index contributed by atoms with van der Waals surface area (Å²) in [6, 6.07) is 6.43. The van der Waals surface area contributed by atoms with Gasteiger partial charge in [0.1, 0.15) is 0 Å². The molecule has 0 saturated carbocycles. The first-order chi connectivity index (χ1) is 10.0. The van der Waals surface area contributed by atoms with Crippen LogP contribution < -0.4 is 11.3 Å². The molecule has 0 spiro atoms. The molecule has 1 aliphatic heterocycles. The fourth-order valence-electron chi connectivity index (χ4n) is 2.87. The van der Waals surface area contributed by atoms with Crippen molar-refractivity contribution in [3.05, 3.63) is 33.8 Å². The van der Waals surface area contributed by atoms with E-state index >= 15 is 0 Å². The van der Waals surface area contributed by atoms with Crippen molar-refractivity contribution in [1.82, 2.24) is 15.2 Å². The van der Waals surface area contributed by atoms with E-state index in [1.807, 2.05) is 18.2 Å². The van der Waals surface area contributed by atoms with Crippen molar-refractivity contribution in [3.8, 4) is 0 Å². The van der Waals surface area contributed by atoms with E-state index in [-0.39, 0.29) is 6.04 Å². The van der Waals surface area contributed by atoms with E-state index in [0.717, 1.165) is 38.0 Å². The van der Waals surface area contributed by atoms with Crippen LogP contribution in [0.3, 0.4) is 0 Å². The summed E-state index contributed by atoms with van der Waals surface area (Å²) in [5, 5.41) is 1.23. The van der Waals surface area contributed by atoms with Crippen LogP contribution in [0.5, 0.6) is 0 Å². The number of nitrogens with zero attached hydrogens (tertiary/aromatic N) is 2. The molecule has 1 aromatic carbocycles. The highest BCUT2D eigenvalue weighted by molar-refractivity contribution is 6.42. The maximum atomic E-state index is 6.27. The number of hydrogen-bond donors (Lipinski definition) is 2. The number of nitrogens with one attached hydrogen (secondary N) is 1. The van der Waals surface area contributed by atoms with Crippen LogP contribution in [0.4, 0.5) is 0 Å². The zero-order chi connectivity index (χ0) is 15.4. The molecule has 4 nitrogen and oxygen atoms in total. The van der Waals surface area contributed by atoms with E-state index < -0.39 is 0 Å². The smallest absolute Gasteiger partial charge is 0.0624 e. The van der Waals surface area contributed by atoms with Crippen LogP contribution in [0.15, 0.2) is 18.2 Å². The molecule has 0 aliphatic carbocycles. The van der Waals surface area contributed by atoms with Gasteiger partial charge in [0.15, 0.2) is 0 Å². The lowest BCUT2D eigenvalue weighted by atomic mass is 9.98. The lowest BCUT2D eigenvalue weighted by Crippen LogP contribution is -2.53. The van der Waals surface area contributed by atoms with Crippen LogP contribution in [0, 0.1) is 0 Å². The van der Waals surface area contributed by atoms with Crippen LogP contribution >= 0.6 is 23.2 Å². The van der Waals surface area contributed by atoms with E-state index in [0.29, 0.717) is 16.1 Å². The molecular weight excluding hydrogens is 307 g/mol. The minimum Gasteiger partial charge on any atom is -0.304 e. The van der Waals surface area contributed by atoms with Gasteiger partial charge in [-0.3, -0.25) is 11.3 Å². The molecule has 1 aromatic rings. The van der Waals surface area contributed by atoms with Crippen LogP contribution in [0.25, 0.3) is 0 Å². The number of piperazine rings is 1. The average Bonchev–Trinajstić information content (AvgIpc) is 2.46. The van der Waals surface area contributed by atoms with E-state index in [2.05, 4.69) is 29.3 Å². The summed E-state index contributed by atoms with van der Waals surface area (Å²) in [4.78, 5) is 4.77. The van der Waals surface area contributed by atoms with Crippen molar-refractivity contribution in [1.29, 1.82) is 0 Å². The average molecular weight is 331 g/mol. The monoisotopic (exact) mass is 330 g/mol. The molecule has 1 saturated heterocycles. The Balaban J connectivity index is 2.01. The first kappa shape index (κ1) is 17.0. The number of rotatable bonds is 5. The molecule has 1 fully saturated rings. The molecule has 2 unspecified atom stereocenters. The quantitative estimate of drug-likeness (QED) is 0.640. The Morgan fingerprint density at radius 2 is 2.10 bits per heavy atom. The Kier molecular flexibility index (Phi) is 6.29. The van der Waals surface area contributed by atoms with Crippen LogP contribution in [0.1, 0.15) is 12.0 Å². The molecule has 1 aliphatic rings. The van der Waals surface area contributed by atoms with Gasteiger partial charge in [0.05, 0.1) is 10.0 Å². The first-order valence-electron chi connectivity index (χ1n) is 7.29. The lowest BCUT2D eigenvalue weighted by molar-refractivity contribution is 0.101. The molecular formula is C15H24Cl2N4. The third kappa shape index (κ3) is 4.55. The summed E-state index contributed by atoms with van der Waals surface area (Å²) < 4.78 is 0. The SMILES string of the molecule is CN1CCN(C)C(CC(Cc2cccc(Cl)c2Cl)NN)C1. The van der Waals surface area contributed by atoms with Gasteiger partial charge in [-0.05, 0) is 38.6 Å². The predicted molar refractivity (Wildman–Crippen MR) is 89.8 cm³/mol. The van der Waals surface area contributed by atoms with Crippen molar-refractivity contribution in [2.75, 3.05) is 33.7 Å². The molecule has 6 heteroatoms. The van der Waals surface area contributed by atoms with Gasteiger partial charge in [-0.2, -0.15) is 0 Å². The Hall–Kier alpha value is -0.360. The summed E-state index contributed by atoms with van der Waals surface area (Å²) in [6.07, 6.45) is 1.77. The molecule has 118 valence electrons. The molecule has 0 bridgehead atoms. The maximum Gasteiger partial charge on any atom is 0.0624 e. The van der Waals surface area contributed by atoms with Gasteiger partial charge in [-0.25, -0.2) is 0 Å². The van der Waals surface area contributed by atoms with Crippen molar-refractivity contribution in [2.24, 2.45) is 5.84 Å². The summed E-state index contributed by atoms with van der Waals surface area (Å²) >= 11 is 12.3. The zero-order valence-electron chi connectivity index (χ0n) is 12.6. The highest BCUT2D eigenvalue weighted by atomic mass is 35.5. The van der Waals surface area contributed by atoms with Crippen molar-refractivity contribution in [2.45, 2.75) is 24.9 Å². The van der Waals surface area contributed by atoms with Gasteiger partial charge in [0, 0.05) is 31.7 Å². The molecule has 0 amide bonds. The molecule has 1 heterocycles. The largest absolute Gasteiger partial charge is 0.304 e. The Morgan fingerprint density at radius 3 is 2.81 bits per heavy atom. The minimum atomic E-state index is 0.180. The van der Waals surface area contributed by atoms with Gasteiger partial charge >= 0.3 is 0 Å². The third-order valence-electron chi connectivity index (χ3n) is 4.27. The molecule has 21 heavy (non-hydrogen) atoms. The van der Waals surface area contributed by atoms with Gasteiger partial charge in [-0.1, -0.05) is 35.3 Å². The topological polar surface area (TPSA) is 44.5 Å². The van der Waals surface area contributed by atoms with Crippen LogP contribution in [-0.2, 0) is 6.42 Å². The van der Waals surface area contributed by atoms with E-state index in [9.17, 15) is 0 Å². The van der Waals surface area contributed by atoms with E-state index in [4.69, 9.17) is 29.0 Å². The second kappa shape index (κ2) is 7.77. The molecule has 0 radical (unpaired) electrons. The molecule has 0 aromatic heterocycles. The summed E-state index contributed by atoms with van der Waals surface area (Å²) in [5.74, 6) is 5.75. The highest BCUT2D eigenvalue weighted by Crippen LogP contribution is 2.27. The Morgan fingerprint density at radius 1 is 1.33 bits per heavy atom. The van der Waals surface area contributed by atoms with E-state index in [1.54, 1.807) is 0 Å². The van der Waals surface area contributed by atoms with Gasteiger partial charge in [0.2, 0.25) is 0 Å². The van der Waals surface area contributed by atoms with E-state index in [1.165, 1.54) is 0 Å². The molecule has 2 rings (SSSR count). The number of halogens is 2. The maximum absolute atomic E-state index is 6.27. The first-order valence-corrected chi connectivity index (χ1v) is 8.04.